The Hall–Kier alpha value is -3.99. The van der Waals surface area contributed by atoms with Gasteiger partial charge in [0.1, 0.15) is 0 Å². The van der Waals surface area contributed by atoms with Gasteiger partial charge in [0.15, 0.2) is 11.5 Å². The molecule has 2 aromatic heterocycles. The molecule has 0 amide bonds. The standard InChI is InChI=1S/C18H15N7O3S/c19-18(20)24-29(27,28)12-7-5-11(6-8-12)21-15-9-10-16-22-14-4-2-1-3-13(14)17(26)25(16)23-15/h1-10H,(H,21,23)(H4,19,20,24). The molecule has 10 nitrogen and oxygen atoms in total. The lowest BCUT2D eigenvalue weighted by Crippen LogP contribution is -2.24. The van der Waals surface area contributed by atoms with E-state index in [1.807, 2.05) is 6.07 Å². The number of hydrogen-bond donors (Lipinski definition) is 3. The molecule has 4 aromatic rings. The van der Waals surface area contributed by atoms with Crippen LogP contribution in [-0.4, -0.2) is 29.0 Å². The summed E-state index contributed by atoms with van der Waals surface area (Å²) in [5.74, 6) is -0.157. The van der Waals surface area contributed by atoms with Gasteiger partial charge in [0.25, 0.3) is 15.6 Å². The number of aromatic nitrogens is 3. The van der Waals surface area contributed by atoms with Crippen molar-refractivity contribution in [1.82, 2.24) is 14.6 Å². The normalized spacial score (nSPS) is 11.4. The highest BCUT2D eigenvalue weighted by molar-refractivity contribution is 7.90. The maximum Gasteiger partial charge on any atom is 0.285 e. The quantitative estimate of drug-likeness (QED) is 0.255. The molecule has 146 valence electrons. The summed E-state index contributed by atoms with van der Waals surface area (Å²) in [4.78, 5) is 17.0. The molecule has 4 rings (SSSR count). The van der Waals surface area contributed by atoms with Gasteiger partial charge < -0.3 is 16.8 Å². The van der Waals surface area contributed by atoms with Gasteiger partial charge in [-0.25, -0.2) is 4.98 Å². The lowest BCUT2D eigenvalue weighted by molar-refractivity contribution is 0.598. The number of guanidine groups is 1. The Kier molecular flexibility index (Phi) is 4.35. The number of benzene rings is 2. The van der Waals surface area contributed by atoms with E-state index >= 15 is 0 Å². The highest BCUT2D eigenvalue weighted by atomic mass is 32.2. The highest BCUT2D eigenvalue weighted by Gasteiger charge is 2.13. The Morgan fingerprint density at radius 2 is 1.72 bits per heavy atom. The molecule has 2 heterocycles. The molecule has 0 saturated carbocycles. The first-order valence-corrected chi connectivity index (χ1v) is 9.79. The number of fused-ring (bicyclic) bond motifs is 2. The van der Waals surface area contributed by atoms with Gasteiger partial charge in [-0.3, -0.25) is 4.79 Å². The highest BCUT2D eigenvalue weighted by Crippen LogP contribution is 2.19. The number of nitrogens with one attached hydrogen (secondary N) is 1. The lowest BCUT2D eigenvalue weighted by Gasteiger charge is -2.08. The number of rotatable bonds is 4. The van der Waals surface area contributed by atoms with Gasteiger partial charge in [-0.1, -0.05) is 12.1 Å². The third-order valence-electron chi connectivity index (χ3n) is 4.03. The van der Waals surface area contributed by atoms with Crippen molar-refractivity contribution in [3.05, 3.63) is 71.0 Å². The van der Waals surface area contributed by atoms with Gasteiger partial charge in [0.2, 0.25) is 5.96 Å². The molecule has 2 aromatic carbocycles. The van der Waals surface area contributed by atoms with E-state index in [2.05, 4.69) is 19.8 Å². The smallest absolute Gasteiger partial charge is 0.285 e. The van der Waals surface area contributed by atoms with Crippen LogP contribution in [0.15, 0.2) is 74.8 Å². The maximum absolute atomic E-state index is 12.7. The molecule has 0 bridgehead atoms. The second kappa shape index (κ2) is 6.87. The molecule has 11 heteroatoms. The average molecular weight is 409 g/mol. The van der Waals surface area contributed by atoms with Crippen molar-refractivity contribution in [1.29, 1.82) is 0 Å². The summed E-state index contributed by atoms with van der Waals surface area (Å²) in [5, 5.41) is 7.76. The number of sulfonamides is 1. The SMILES string of the molecule is NC(N)=NS(=O)(=O)c1ccc(Nc2ccc3nc4ccccc4c(=O)n3n2)cc1. The fraction of sp³-hybridized carbons (Fsp3) is 0. The molecule has 5 N–H and O–H groups in total. The van der Waals surface area contributed by atoms with Gasteiger partial charge in [0.05, 0.1) is 15.8 Å². The van der Waals surface area contributed by atoms with Gasteiger partial charge in [0, 0.05) is 5.69 Å². The second-order valence-electron chi connectivity index (χ2n) is 6.06. The predicted molar refractivity (Wildman–Crippen MR) is 109 cm³/mol. The topological polar surface area (TPSA) is 158 Å². The predicted octanol–water partition coefficient (Wildman–Crippen LogP) is 0.948. The minimum absolute atomic E-state index is 0.0604. The van der Waals surface area contributed by atoms with Crippen molar-refractivity contribution in [2.24, 2.45) is 15.9 Å². The average Bonchev–Trinajstić information content (AvgIpc) is 2.68. The van der Waals surface area contributed by atoms with Crippen molar-refractivity contribution in [3.8, 4) is 0 Å². The van der Waals surface area contributed by atoms with Crippen LogP contribution in [-0.2, 0) is 10.0 Å². The Bertz CT molecular complexity index is 1420. The van der Waals surface area contributed by atoms with E-state index < -0.39 is 16.0 Å². The van der Waals surface area contributed by atoms with E-state index in [-0.39, 0.29) is 10.5 Å². The van der Waals surface area contributed by atoms with E-state index in [4.69, 9.17) is 11.5 Å². The Labute approximate surface area is 164 Å². The number of hydrogen-bond acceptors (Lipinski definition) is 6. The fourth-order valence-electron chi connectivity index (χ4n) is 2.76. The van der Waals surface area contributed by atoms with E-state index in [1.54, 1.807) is 30.3 Å². The van der Waals surface area contributed by atoms with E-state index in [0.717, 1.165) is 0 Å². The molecule has 0 saturated heterocycles. The summed E-state index contributed by atoms with van der Waals surface area (Å²) in [6.07, 6.45) is 0. The van der Waals surface area contributed by atoms with Gasteiger partial charge >= 0.3 is 0 Å². The van der Waals surface area contributed by atoms with E-state index in [1.165, 1.54) is 28.8 Å². The monoisotopic (exact) mass is 409 g/mol. The van der Waals surface area contributed by atoms with E-state index in [9.17, 15) is 13.2 Å². The molecule has 0 radical (unpaired) electrons. The number of nitrogens with two attached hydrogens (primary N) is 2. The first-order valence-electron chi connectivity index (χ1n) is 8.35. The van der Waals surface area contributed by atoms with E-state index in [0.29, 0.717) is 28.1 Å². The van der Waals surface area contributed by atoms with Crippen LogP contribution >= 0.6 is 0 Å². The van der Waals surface area contributed by atoms with Crippen molar-refractivity contribution >= 4 is 44.0 Å². The Morgan fingerprint density at radius 3 is 2.45 bits per heavy atom. The van der Waals surface area contributed by atoms with Crippen molar-refractivity contribution < 1.29 is 8.42 Å². The zero-order valence-electron chi connectivity index (χ0n) is 14.9. The minimum atomic E-state index is -3.96. The van der Waals surface area contributed by atoms with Crippen molar-refractivity contribution in [2.45, 2.75) is 4.90 Å². The molecule has 0 aliphatic rings. The molecular formula is C18H15N7O3S. The maximum atomic E-state index is 12.7. The molecule has 0 spiro atoms. The molecule has 29 heavy (non-hydrogen) atoms. The molecule has 0 aliphatic carbocycles. The molecule has 0 unspecified atom stereocenters. The van der Waals surface area contributed by atoms with Crippen LogP contribution in [0.25, 0.3) is 16.6 Å². The van der Waals surface area contributed by atoms with Crippen molar-refractivity contribution in [3.63, 3.8) is 0 Å². The molecule has 0 atom stereocenters. The van der Waals surface area contributed by atoms with Gasteiger partial charge in [-0.15, -0.1) is 9.50 Å². The minimum Gasteiger partial charge on any atom is -0.369 e. The first kappa shape index (κ1) is 18.4. The zero-order valence-corrected chi connectivity index (χ0v) is 15.7. The third-order valence-corrected chi connectivity index (χ3v) is 5.35. The third kappa shape index (κ3) is 3.58. The summed E-state index contributed by atoms with van der Waals surface area (Å²) >= 11 is 0. The number of anilines is 2. The van der Waals surface area contributed by atoms with Crippen LogP contribution in [0, 0.1) is 0 Å². The van der Waals surface area contributed by atoms with Crippen LogP contribution in [0.1, 0.15) is 0 Å². The summed E-state index contributed by atoms with van der Waals surface area (Å²) in [5.41, 5.74) is 11.6. The molecule has 0 aliphatic heterocycles. The summed E-state index contributed by atoms with van der Waals surface area (Å²) in [7, 11) is -3.96. The Balaban J connectivity index is 1.68. The van der Waals surface area contributed by atoms with Crippen LogP contribution in [0.4, 0.5) is 11.5 Å². The van der Waals surface area contributed by atoms with Crippen LogP contribution in [0.5, 0.6) is 0 Å². The van der Waals surface area contributed by atoms with Crippen LogP contribution in [0.3, 0.4) is 0 Å². The number of nitrogens with zero attached hydrogens (tertiary/aromatic N) is 4. The summed E-state index contributed by atoms with van der Waals surface area (Å²) in [6.45, 7) is 0. The zero-order chi connectivity index (χ0) is 20.6. The largest absolute Gasteiger partial charge is 0.369 e. The first-order chi connectivity index (χ1) is 13.8. The lowest BCUT2D eigenvalue weighted by atomic mass is 10.2. The van der Waals surface area contributed by atoms with Crippen molar-refractivity contribution in [2.75, 3.05) is 5.32 Å². The summed E-state index contributed by atoms with van der Waals surface area (Å²) in [6, 6.07) is 16.1. The number of para-hydroxylation sites is 1. The molecule has 0 fully saturated rings. The van der Waals surface area contributed by atoms with Crippen LogP contribution < -0.4 is 22.3 Å². The Morgan fingerprint density at radius 1 is 1.00 bits per heavy atom. The van der Waals surface area contributed by atoms with Crippen LogP contribution in [0.2, 0.25) is 0 Å². The second-order valence-corrected chi connectivity index (χ2v) is 7.67. The van der Waals surface area contributed by atoms with Gasteiger partial charge in [-0.05, 0) is 48.5 Å². The fourth-order valence-corrected chi connectivity index (χ4v) is 3.62. The molecular weight excluding hydrogens is 394 g/mol. The summed E-state index contributed by atoms with van der Waals surface area (Å²) < 4.78 is 28.4. The van der Waals surface area contributed by atoms with Gasteiger partial charge in [-0.2, -0.15) is 12.9 Å².